The van der Waals surface area contributed by atoms with Crippen LogP contribution in [0.3, 0.4) is 0 Å². The van der Waals surface area contributed by atoms with Crippen LogP contribution < -0.4 is 16.4 Å². The third-order valence-corrected chi connectivity index (χ3v) is 4.71. The lowest BCUT2D eigenvalue weighted by molar-refractivity contribution is -0.139. The Balaban J connectivity index is 2.35. The van der Waals surface area contributed by atoms with Gasteiger partial charge < -0.3 is 16.4 Å². The maximum atomic E-state index is 11.6. The van der Waals surface area contributed by atoms with E-state index in [0.717, 1.165) is 12.8 Å². The monoisotopic (exact) mass is 289 g/mol. The van der Waals surface area contributed by atoms with Crippen LogP contribution in [-0.4, -0.2) is 40.9 Å². The van der Waals surface area contributed by atoms with Gasteiger partial charge in [0.15, 0.2) is 0 Å². The van der Waals surface area contributed by atoms with Crippen LogP contribution in [0.2, 0.25) is 0 Å². The molecule has 0 atom stereocenters. The van der Waals surface area contributed by atoms with Gasteiger partial charge in [0.1, 0.15) is 0 Å². The molecular weight excluding hydrogens is 270 g/mol. The summed E-state index contributed by atoms with van der Waals surface area (Å²) in [5.74, 6) is -1.30. The van der Waals surface area contributed by atoms with Gasteiger partial charge >= 0.3 is 11.8 Å². The highest BCUT2D eigenvalue weighted by Gasteiger charge is 2.33. The summed E-state index contributed by atoms with van der Waals surface area (Å²) in [6, 6.07) is 0. The number of hydrogen-bond acceptors (Lipinski definition) is 4. The van der Waals surface area contributed by atoms with Crippen LogP contribution in [0.1, 0.15) is 25.7 Å². The highest BCUT2D eigenvalue weighted by atomic mass is 32.2. The zero-order valence-electron chi connectivity index (χ0n) is 10.5. The summed E-state index contributed by atoms with van der Waals surface area (Å²) >= 11 is 6.38. The lowest BCUT2D eigenvalue weighted by Crippen LogP contribution is -2.46. The lowest BCUT2D eigenvalue weighted by Gasteiger charge is -2.26. The van der Waals surface area contributed by atoms with Crippen molar-refractivity contribution in [3.63, 3.8) is 0 Å². The predicted octanol–water partition coefficient (Wildman–Crippen LogP) is 0.181. The van der Waals surface area contributed by atoms with Gasteiger partial charge in [0.05, 0.1) is 11.5 Å². The summed E-state index contributed by atoms with van der Waals surface area (Å²) in [7, 11) is 0. The van der Waals surface area contributed by atoms with Gasteiger partial charge in [-0.2, -0.15) is 11.8 Å². The van der Waals surface area contributed by atoms with Crippen LogP contribution in [0, 0.1) is 0 Å². The molecule has 18 heavy (non-hydrogen) atoms. The molecule has 0 spiro atoms. The fourth-order valence-corrected chi connectivity index (χ4v) is 3.03. The minimum Gasteiger partial charge on any atom is -0.392 e. The van der Waals surface area contributed by atoms with Crippen molar-refractivity contribution < 1.29 is 9.59 Å². The fraction of sp³-hybridized carbons (Fsp3) is 0.727. The van der Waals surface area contributed by atoms with Crippen molar-refractivity contribution >= 4 is 40.8 Å². The molecule has 7 heteroatoms. The van der Waals surface area contributed by atoms with Gasteiger partial charge in [-0.15, -0.1) is 0 Å². The molecule has 2 amide bonds. The number of carbonyl (C=O) groups is 2. The van der Waals surface area contributed by atoms with Crippen molar-refractivity contribution in [3.8, 4) is 0 Å². The molecule has 0 aromatic rings. The summed E-state index contributed by atoms with van der Waals surface area (Å²) in [4.78, 5) is 23.1. The van der Waals surface area contributed by atoms with Crippen LogP contribution in [0.15, 0.2) is 0 Å². The van der Waals surface area contributed by atoms with Crippen LogP contribution in [0.5, 0.6) is 0 Å². The molecule has 1 saturated carbocycles. The number of thioether (sulfide) groups is 1. The Morgan fingerprint density at radius 2 is 1.83 bits per heavy atom. The van der Waals surface area contributed by atoms with Gasteiger partial charge in [-0.25, -0.2) is 0 Å². The largest absolute Gasteiger partial charge is 0.392 e. The molecule has 0 unspecified atom stereocenters. The van der Waals surface area contributed by atoms with E-state index >= 15 is 0 Å². The van der Waals surface area contributed by atoms with Gasteiger partial charge in [-0.05, 0) is 19.1 Å². The maximum absolute atomic E-state index is 11.6. The topological polar surface area (TPSA) is 84.2 Å². The fourth-order valence-electron chi connectivity index (χ4n) is 2.04. The molecule has 0 aromatic heterocycles. The van der Waals surface area contributed by atoms with Gasteiger partial charge in [-0.1, -0.05) is 25.1 Å². The van der Waals surface area contributed by atoms with E-state index in [4.69, 9.17) is 5.73 Å². The number of nitrogens with two attached hydrogens (primary N) is 1. The zero-order valence-corrected chi connectivity index (χ0v) is 12.1. The Morgan fingerprint density at radius 3 is 2.33 bits per heavy atom. The van der Waals surface area contributed by atoms with E-state index < -0.39 is 11.8 Å². The molecule has 0 saturated heterocycles. The smallest absolute Gasteiger partial charge is 0.309 e. The molecule has 0 radical (unpaired) electrons. The van der Waals surface area contributed by atoms with Gasteiger partial charge in [0.25, 0.3) is 0 Å². The molecule has 0 heterocycles. The minimum atomic E-state index is -0.683. The van der Waals surface area contributed by atoms with E-state index in [1.165, 1.54) is 12.8 Å². The molecule has 1 aliphatic rings. The van der Waals surface area contributed by atoms with E-state index in [1.807, 2.05) is 6.26 Å². The van der Waals surface area contributed by atoms with E-state index in [9.17, 15) is 9.59 Å². The van der Waals surface area contributed by atoms with Crippen molar-refractivity contribution in [3.05, 3.63) is 0 Å². The first-order chi connectivity index (χ1) is 8.49. The standard InChI is InChI=1S/C11H19N3O2S2/c1-18-11(4-2-3-5-11)7-14-10(16)9(15)13-6-8(12)17/h2-7H2,1H3,(H2,12,17)(H,13,15)(H,14,16). The normalized spacial score (nSPS) is 17.2. The second-order valence-electron chi connectivity index (χ2n) is 4.43. The third kappa shape index (κ3) is 4.45. The first kappa shape index (κ1) is 15.2. The predicted molar refractivity (Wildman–Crippen MR) is 77.5 cm³/mol. The zero-order chi connectivity index (χ0) is 13.6. The highest BCUT2D eigenvalue weighted by molar-refractivity contribution is 8.00. The Kier molecular flexibility index (Phi) is 5.87. The average molecular weight is 289 g/mol. The van der Waals surface area contributed by atoms with Crippen molar-refractivity contribution in [2.45, 2.75) is 30.4 Å². The molecular formula is C11H19N3O2S2. The Labute approximate surface area is 117 Å². The van der Waals surface area contributed by atoms with E-state index in [0.29, 0.717) is 6.54 Å². The highest BCUT2D eigenvalue weighted by Crippen LogP contribution is 2.39. The summed E-state index contributed by atoms with van der Waals surface area (Å²) in [6.45, 7) is 0.586. The van der Waals surface area contributed by atoms with Crippen molar-refractivity contribution in [1.82, 2.24) is 10.6 Å². The molecule has 0 bridgehead atoms. The molecule has 0 aliphatic heterocycles. The number of nitrogens with one attached hydrogen (secondary N) is 2. The summed E-state index contributed by atoms with van der Waals surface area (Å²) in [5, 5.41) is 5.05. The van der Waals surface area contributed by atoms with E-state index in [2.05, 4.69) is 22.9 Å². The van der Waals surface area contributed by atoms with Crippen LogP contribution >= 0.6 is 24.0 Å². The van der Waals surface area contributed by atoms with Gasteiger partial charge in [0.2, 0.25) is 0 Å². The molecule has 102 valence electrons. The molecule has 1 fully saturated rings. The van der Waals surface area contributed by atoms with Crippen LogP contribution in [0.4, 0.5) is 0 Å². The SMILES string of the molecule is CSC1(CNC(=O)C(=O)NCC(N)=S)CCCC1. The second-order valence-corrected chi connectivity index (χ2v) is 6.22. The van der Waals surface area contributed by atoms with Gasteiger partial charge in [0, 0.05) is 11.3 Å². The first-order valence-electron chi connectivity index (χ1n) is 5.88. The number of thiocarbonyl (C=S) groups is 1. The molecule has 4 N–H and O–H groups in total. The molecule has 5 nitrogen and oxygen atoms in total. The third-order valence-electron chi connectivity index (χ3n) is 3.15. The van der Waals surface area contributed by atoms with E-state index in [-0.39, 0.29) is 16.3 Å². The Morgan fingerprint density at radius 1 is 1.28 bits per heavy atom. The maximum Gasteiger partial charge on any atom is 0.309 e. The van der Waals surface area contributed by atoms with Crippen LogP contribution in [-0.2, 0) is 9.59 Å². The summed E-state index contributed by atoms with van der Waals surface area (Å²) < 4.78 is 0.0963. The average Bonchev–Trinajstić information content (AvgIpc) is 2.82. The van der Waals surface area contributed by atoms with E-state index in [1.54, 1.807) is 11.8 Å². The number of amides is 2. The molecule has 1 rings (SSSR count). The van der Waals surface area contributed by atoms with Crippen LogP contribution in [0.25, 0.3) is 0 Å². The molecule has 0 aromatic carbocycles. The summed E-state index contributed by atoms with van der Waals surface area (Å²) in [5.41, 5.74) is 5.24. The second kappa shape index (κ2) is 6.94. The van der Waals surface area contributed by atoms with Gasteiger partial charge in [-0.3, -0.25) is 9.59 Å². The minimum absolute atomic E-state index is 0.0509. The Hall–Kier alpha value is -0.820. The number of rotatable bonds is 5. The quantitative estimate of drug-likeness (QED) is 0.497. The number of hydrogen-bond donors (Lipinski definition) is 3. The Bertz CT molecular complexity index is 341. The first-order valence-corrected chi connectivity index (χ1v) is 7.52. The van der Waals surface area contributed by atoms with Crippen molar-refractivity contribution in [2.75, 3.05) is 19.3 Å². The number of carbonyl (C=O) groups excluding carboxylic acids is 2. The summed E-state index contributed by atoms with van der Waals surface area (Å²) in [6.07, 6.45) is 6.59. The lowest BCUT2D eigenvalue weighted by atomic mass is 10.1. The van der Waals surface area contributed by atoms with Crippen molar-refractivity contribution in [2.24, 2.45) is 5.73 Å². The molecule has 1 aliphatic carbocycles. The van der Waals surface area contributed by atoms with Crippen molar-refractivity contribution in [1.29, 1.82) is 0 Å².